The summed E-state index contributed by atoms with van der Waals surface area (Å²) in [5.74, 6) is -2.98. The van der Waals surface area contributed by atoms with Crippen LogP contribution in [0, 0.1) is 0 Å². The molecule has 1 aliphatic rings. The average Bonchev–Trinajstić information content (AvgIpc) is 2.63. The Labute approximate surface area is 80.4 Å². The van der Waals surface area contributed by atoms with Crippen LogP contribution in [0.5, 0.6) is 0 Å². The van der Waals surface area contributed by atoms with Gasteiger partial charge in [0.2, 0.25) is 0 Å². The molecule has 14 heavy (non-hydrogen) atoms. The topological polar surface area (TPSA) is 83.9 Å². The molecule has 0 aromatic carbocycles. The van der Waals surface area contributed by atoms with E-state index in [9.17, 15) is 14.4 Å². The lowest BCUT2D eigenvalue weighted by Crippen LogP contribution is -2.44. The summed E-state index contributed by atoms with van der Waals surface area (Å²) in [6.07, 6.45) is 0.984. The van der Waals surface area contributed by atoms with E-state index in [2.05, 4.69) is 4.74 Å². The van der Waals surface area contributed by atoms with E-state index in [0.29, 0.717) is 19.4 Å². The Morgan fingerprint density at radius 2 is 2.07 bits per heavy atom. The summed E-state index contributed by atoms with van der Waals surface area (Å²) in [6, 6.07) is -0.887. The van der Waals surface area contributed by atoms with E-state index in [4.69, 9.17) is 5.11 Å². The van der Waals surface area contributed by atoms with Crippen molar-refractivity contribution in [1.82, 2.24) is 4.90 Å². The van der Waals surface area contributed by atoms with Crippen LogP contribution in [0.2, 0.25) is 0 Å². The predicted molar refractivity (Wildman–Crippen MR) is 44.4 cm³/mol. The number of carbonyl (C=O) groups is 3. The number of nitrogens with zero attached hydrogens (tertiary/aromatic N) is 1. The second-order valence-electron chi connectivity index (χ2n) is 2.99. The summed E-state index contributed by atoms with van der Waals surface area (Å²) < 4.78 is 4.23. The lowest BCUT2D eigenvalue weighted by Gasteiger charge is -2.19. The fourth-order valence-electron chi connectivity index (χ4n) is 1.47. The summed E-state index contributed by atoms with van der Waals surface area (Å²) >= 11 is 0. The SMILES string of the molecule is COC(=O)C(=O)N1CCC[C@@H]1C(=O)O. The molecule has 0 unspecified atom stereocenters. The van der Waals surface area contributed by atoms with Crippen molar-refractivity contribution in [3.63, 3.8) is 0 Å². The van der Waals surface area contributed by atoms with Gasteiger partial charge in [0.25, 0.3) is 0 Å². The molecule has 1 N–H and O–H groups in total. The van der Waals surface area contributed by atoms with Crippen LogP contribution in [0.25, 0.3) is 0 Å². The first kappa shape index (κ1) is 10.5. The Hall–Kier alpha value is -1.59. The van der Waals surface area contributed by atoms with Gasteiger partial charge in [-0.15, -0.1) is 0 Å². The Bertz CT molecular complexity index is 275. The largest absolute Gasteiger partial charge is 0.480 e. The van der Waals surface area contributed by atoms with Crippen LogP contribution in [0.3, 0.4) is 0 Å². The maximum absolute atomic E-state index is 11.3. The number of hydrogen-bond donors (Lipinski definition) is 1. The zero-order valence-electron chi connectivity index (χ0n) is 7.73. The summed E-state index contributed by atoms with van der Waals surface area (Å²) in [5.41, 5.74) is 0. The second kappa shape index (κ2) is 4.08. The molecule has 6 heteroatoms. The van der Waals surface area contributed by atoms with Gasteiger partial charge in [0.05, 0.1) is 7.11 Å². The number of amides is 1. The van der Waals surface area contributed by atoms with Crippen molar-refractivity contribution in [1.29, 1.82) is 0 Å². The number of ether oxygens (including phenoxy) is 1. The van der Waals surface area contributed by atoms with Gasteiger partial charge in [-0.25, -0.2) is 9.59 Å². The van der Waals surface area contributed by atoms with Gasteiger partial charge in [-0.05, 0) is 12.8 Å². The van der Waals surface area contributed by atoms with Crippen LogP contribution in [0.1, 0.15) is 12.8 Å². The van der Waals surface area contributed by atoms with Gasteiger partial charge in [0, 0.05) is 6.54 Å². The average molecular weight is 201 g/mol. The van der Waals surface area contributed by atoms with Crippen LogP contribution in [0.4, 0.5) is 0 Å². The van der Waals surface area contributed by atoms with Crippen molar-refractivity contribution >= 4 is 17.8 Å². The number of likely N-dealkylation sites (tertiary alicyclic amines) is 1. The van der Waals surface area contributed by atoms with E-state index in [1.165, 1.54) is 0 Å². The molecule has 1 atom stereocenters. The zero-order chi connectivity index (χ0) is 10.7. The van der Waals surface area contributed by atoms with Crippen molar-refractivity contribution in [2.75, 3.05) is 13.7 Å². The molecule has 1 heterocycles. The molecule has 0 bridgehead atoms. The molecule has 78 valence electrons. The molecule has 1 rings (SSSR count). The first-order chi connectivity index (χ1) is 6.57. The van der Waals surface area contributed by atoms with Crippen molar-refractivity contribution in [3.8, 4) is 0 Å². The number of carbonyl (C=O) groups excluding carboxylic acids is 2. The molecule has 6 nitrogen and oxygen atoms in total. The van der Waals surface area contributed by atoms with E-state index >= 15 is 0 Å². The number of aliphatic carboxylic acids is 1. The van der Waals surface area contributed by atoms with Crippen LogP contribution >= 0.6 is 0 Å². The lowest BCUT2D eigenvalue weighted by molar-refractivity contribution is -0.161. The van der Waals surface area contributed by atoms with Crippen LogP contribution < -0.4 is 0 Å². The Morgan fingerprint density at radius 3 is 2.57 bits per heavy atom. The van der Waals surface area contributed by atoms with Crippen molar-refractivity contribution in [2.24, 2.45) is 0 Å². The van der Waals surface area contributed by atoms with Gasteiger partial charge >= 0.3 is 17.8 Å². The van der Waals surface area contributed by atoms with E-state index in [1.54, 1.807) is 0 Å². The molecule has 0 aromatic heterocycles. The molecular weight excluding hydrogens is 190 g/mol. The van der Waals surface area contributed by atoms with Gasteiger partial charge < -0.3 is 14.7 Å². The summed E-state index contributed by atoms with van der Waals surface area (Å²) in [4.78, 5) is 33.9. The summed E-state index contributed by atoms with van der Waals surface area (Å²) in [7, 11) is 1.09. The van der Waals surface area contributed by atoms with Crippen molar-refractivity contribution < 1.29 is 24.2 Å². The maximum atomic E-state index is 11.3. The standard InChI is InChI=1S/C8H11NO5/c1-14-8(13)6(10)9-4-2-3-5(9)7(11)12/h5H,2-4H2,1H3,(H,11,12)/t5-/m1/s1. The minimum atomic E-state index is -1.08. The first-order valence-corrected chi connectivity index (χ1v) is 4.19. The van der Waals surface area contributed by atoms with Crippen molar-refractivity contribution in [2.45, 2.75) is 18.9 Å². The van der Waals surface area contributed by atoms with Gasteiger partial charge in [-0.3, -0.25) is 4.79 Å². The minimum Gasteiger partial charge on any atom is -0.480 e. The molecule has 0 aromatic rings. The van der Waals surface area contributed by atoms with Gasteiger partial charge in [-0.2, -0.15) is 0 Å². The fraction of sp³-hybridized carbons (Fsp3) is 0.625. The molecule has 1 aliphatic heterocycles. The first-order valence-electron chi connectivity index (χ1n) is 4.19. The van der Waals surface area contributed by atoms with Gasteiger partial charge in [0.1, 0.15) is 6.04 Å². The van der Waals surface area contributed by atoms with Crippen molar-refractivity contribution in [3.05, 3.63) is 0 Å². The van der Waals surface area contributed by atoms with Crippen LogP contribution in [0.15, 0.2) is 0 Å². The molecule has 0 aliphatic carbocycles. The number of rotatable bonds is 1. The zero-order valence-corrected chi connectivity index (χ0v) is 7.73. The quantitative estimate of drug-likeness (QED) is 0.445. The number of hydrogen-bond acceptors (Lipinski definition) is 4. The van der Waals surface area contributed by atoms with E-state index < -0.39 is 23.9 Å². The van der Waals surface area contributed by atoms with Gasteiger partial charge in [0.15, 0.2) is 0 Å². The minimum absolute atomic E-state index is 0.297. The Morgan fingerprint density at radius 1 is 1.43 bits per heavy atom. The Balaban J connectivity index is 2.72. The number of carboxylic acids is 1. The molecule has 0 saturated carbocycles. The smallest absolute Gasteiger partial charge is 0.396 e. The van der Waals surface area contributed by atoms with E-state index in [0.717, 1.165) is 12.0 Å². The van der Waals surface area contributed by atoms with Crippen LogP contribution in [-0.2, 0) is 19.1 Å². The third-order valence-corrected chi connectivity index (χ3v) is 2.16. The fourth-order valence-corrected chi connectivity index (χ4v) is 1.47. The molecule has 1 saturated heterocycles. The molecular formula is C8H11NO5. The van der Waals surface area contributed by atoms with E-state index in [1.807, 2.05) is 0 Å². The number of carboxylic acid groups (broad SMARTS) is 1. The summed E-state index contributed by atoms with van der Waals surface area (Å²) in [5, 5.41) is 8.74. The molecule has 1 fully saturated rings. The lowest BCUT2D eigenvalue weighted by atomic mass is 10.2. The third kappa shape index (κ3) is 1.84. The van der Waals surface area contributed by atoms with Crippen LogP contribution in [-0.4, -0.2) is 47.5 Å². The Kier molecular flexibility index (Phi) is 3.06. The van der Waals surface area contributed by atoms with E-state index in [-0.39, 0.29) is 0 Å². The number of methoxy groups -OCH3 is 1. The number of esters is 1. The monoisotopic (exact) mass is 201 g/mol. The predicted octanol–water partition coefficient (Wildman–Crippen LogP) is -0.765. The molecule has 0 radical (unpaired) electrons. The highest BCUT2D eigenvalue weighted by atomic mass is 16.5. The molecule has 1 amide bonds. The summed E-state index contributed by atoms with van der Waals surface area (Å²) in [6.45, 7) is 0.297. The normalized spacial score (nSPS) is 20.6. The maximum Gasteiger partial charge on any atom is 0.396 e. The highest BCUT2D eigenvalue weighted by molar-refractivity contribution is 6.32. The van der Waals surface area contributed by atoms with Gasteiger partial charge in [-0.1, -0.05) is 0 Å². The molecule has 0 spiro atoms. The highest BCUT2D eigenvalue weighted by Gasteiger charge is 2.37. The third-order valence-electron chi connectivity index (χ3n) is 2.16. The second-order valence-corrected chi connectivity index (χ2v) is 2.99. The highest BCUT2D eigenvalue weighted by Crippen LogP contribution is 2.17.